The van der Waals surface area contributed by atoms with E-state index in [9.17, 15) is 14.4 Å². The number of rotatable bonds is 5. The van der Waals surface area contributed by atoms with Crippen LogP contribution in [0.1, 0.15) is 35.6 Å². The van der Waals surface area contributed by atoms with Gasteiger partial charge in [-0.05, 0) is 48.7 Å². The number of carbonyl (C=O) groups excluding carboxylic acids is 3. The van der Waals surface area contributed by atoms with Crippen molar-refractivity contribution in [3.8, 4) is 0 Å². The fourth-order valence-electron chi connectivity index (χ4n) is 3.58. The Morgan fingerprint density at radius 2 is 2.26 bits per heavy atom. The first kappa shape index (κ1) is 21.5. The molecule has 2 aliphatic heterocycles. The first-order valence-electron chi connectivity index (χ1n) is 9.88. The van der Waals surface area contributed by atoms with E-state index in [2.05, 4.69) is 15.3 Å². The van der Waals surface area contributed by atoms with Gasteiger partial charge in [0.2, 0.25) is 5.91 Å². The van der Waals surface area contributed by atoms with E-state index >= 15 is 0 Å². The van der Waals surface area contributed by atoms with Crippen molar-refractivity contribution < 1.29 is 14.4 Å². The van der Waals surface area contributed by atoms with Crippen LogP contribution in [-0.2, 0) is 15.3 Å². The Hall–Kier alpha value is -2.72. The van der Waals surface area contributed by atoms with Crippen molar-refractivity contribution in [2.45, 2.75) is 36.6 Å². The smallest absolute Gasteiger partial charge is 0.290 e. The summed E-state index contributed by atoms with van der Waals surface area (Å²) in [6.07, 6.45) is 8.45. The third-order valence-corrected chi connectivity index (χ3v) is 6.84. The van der Waals surface area contributed by atoms with Crippen LogP contribution in [0.3, 0.4) is 0 Å². The Morgan fingerprint density at radius 1 is 1.39 bits per heavy atom. The first-order chi connectivity index (χ1) is 15.0. The van der Waals surface area contributed by atoms with Crippen LogP contribution < -0.4 is 5.32 Å². The van der Waals surface area contributed by atoms with Crippen LogP contribution in [0.2, 0.25) is 0 Å². The number of carbonyl (C=O) groups is 3. The molecule has 160 valence electrons. The summed E-state index contributed by atoms with van der Waals surface area (Å²) in [6, 6.07) is 3.93. The average molecular weight is 456 g/mol. The Kier molecular flexibility index (Phi) is 6.67. The molecule has 0 spiro atoms. The van der Waals surface area contributed by atoms with Crippen LogP contribution in [0.4, 0.5) is 4.79 Å². The predicted octanol–water partition coefficient (Wildman–Crippen LogP) is 3.05. The summed E-state index contributed by atoms with van der Waals surface area (Å²) in [6.45, 7) is 3.12. The normalized spacial score (nSPS) is 20.2. The van der Waals surface area contributed by atoms with Crippen molar-refractivity contribution in [2.24, 2.45) is 0 Å². The van der Waals surface area contributed by atoms with E-state index < -0.39 is 11.1 Å². The number of piperidine rings is 1. The topological polar surface area (TPSA) is 105 Å². The van der Waals surface area contributed by atoms with E-state index in [1.54, 1.807) is 22.9 Å². The highest BCUT2D eigenvalue weighted by molar-refractivity contribution is 8.18. The maximum Gasteiger partial charge on any atom is 0.290 e. The molecule has 0 radical (unpaired) electrons. The van der Waals surface area contributed by atoms with Crippen LogP contribution in [0.5, 0.6) is 0 Å². The molecule has 0 saturated carbocycles. The molecule has 31 heavy (non-hydrogen) atoms. The van der Waals surface area contributed by atoms with E-state index in [1.807, 2.05) is 31.5 Å². The van der Waals surface area contributed by atoms with Gasteiger partial charge in [-0.1, -0.05) is 17.8 Å². The maximum absolute atomic E-state index is 12.7. The molecule has 2 fully saturated rings. The van der Waals surface area contributed by atoms with Crippen molar-refractivity contribution in [1.29, 1.82) is 0 Å². The summed E-state index contributed by atoms with van der Waals surface area (Å²) in [7, 11) is 0. The number of thioether (sulfide) groups is 2. The second-order valence-electron chi connectivity index (χ2n) is 7.35. The number of likely N-dealkylation sites (tertiary alicyclic amines) is 1. The number of amides is 3. The van der Waals surface area contributed by atoms with Crippen LogP contribution in [0, 0.1) is 6.92 Å². The number of hydrogen-bond donors (Lipinski definition) is 1. The summed E-state index contributed by atoms with van der Waals surface area (Å²) in [4.78, 5) is 51.0. The lowest BCUT2D eigenvalue weighted by molar-refractivity contribution is -0.127. The SMILES string of the molecule is Cc1cnc(SCc2cccnc2)nc1C1CCCN(C(=O)/C=C2\SC(=O)NC2=O)C1. The lowest BCUT2D eigenvalue weighted by Gasteiger charge is -2.32. The Balaban J connectivity index is 1.45. The van der Waals surface area contributed by atoms with Gasteiger partial charge in [0, 0.05) is 49.4 Å². The third kappa shape index (κ3) is 5.31. The lowest BCUT2D eigenvalue weighted by Crippen LogP contribution is -2.39. The number of nitrogens with one attached hydrogen (secondary N) is 1. The Bertz CT molecular complexity index is 1040. The third-order valence-electron chi connectivity index (χ3n) is 5.10. The molecule has 2 aromatic heterocycles. The zero-order valence-electron chi connectivity index (χ0n) is 16.9. The molecule has 1 N–H and O–H groups in total. The second-order valence-corrected chi connectivity index (χ2v) is 9.30. The summed E-state index contributed by atoms with van der Waals surface area (Å²) in [5.74, 6) is 0.0646. The molecule has 1 unspecified atom stereocenters. The van der Waals surface area contributed by atoms with Gasteiger partial charge in [0.25, 0.3) is 11.1 Å². The molecule has 1 atom stereocenters. The zero-order valence-corrected chi connectivity index (χ0v) is 18.5. The summed E-state index contributed by atoms with van der Waals surface area (Å²) >= 11 is 2.32. The molecule has 2 saturated heterocycles. The number of imide groups is 1. The predicted molar refractivity (Wildman–Crippen MR) is 118 cm³/mol. The van der Waals surface area contributed by atoms with Gasteiger partial charge in [0.1, 0.15) is 0 Å². The lowest BCUT2D eigenvalue weighted by atomic mass is 9.92. The maximum atomic E-state index is 12.7. The van der Waals surface area contributed by atoms with Crippen LogP contribution in [-0.4, -0.2) is 50.0 Å². The molecule has 8 nitrogen and oxygen atoms in total. The van der Waals surface area contributed by atoms with E-state index in [1.165, 1.54) is 6.08 Å². The van der Waals surface area contributed by atoms with Crippen molar-refractivity contribution in [3.63, 3.8) is 0 Å². The highest BCUT2D eigenvalue weighted by Gasteiger charge is 2.30. The van der Waals surface area contributed by atoms with Gasteiger partial charge in [-0.25, -0.2) is 9.97 Å². The Labute approximate surface area is 188 Å². The fourth-order valence-corrected chi connectivity index (χ4v) is 4.98. The van der Waals surface area contributed by atoms with E-state index in [0.29, 0.717) is 18.2 Å². The molecule has 0 aliphatic carbocycles. The fraction of sp³-hybridized carbons (Fsp3) is 0.333. The van der Waals surface area contributed by atoms with Gasteiger partial charge in [0.05, 0.1) is 10.6 Å². The van der Waals surface area contributed by atoms with Crippen molar-refractivity contribution in [3.05, 3.63) is 58.5 Å². The van der Waals surface area contributed by atoms with Gasteiger partial charge < -0.3 is 4.90 Å². The van der Waals surface area contributed by atoms with Crippen molar-refractivity contribution in [1.82, 2.24) is 25.2 Å². The van der Waals surface area contributed by atoms with E-state index in [0.717, 1.165) is 47.2 Å². The Morgan fingerprint density at radius 3 is 3.00 bits per heavy atom. The summed E-state index contributed by atoms with van der Waals surface area (Å²) < 4.78 is 0. The molecule has 2 aromatic rings. The van der Waals surface area contributed by atoms with Crippen LogP contribution in [0.15, 0.2) is 46.9 Å². The largest absolute Gasteiger partial charge is 0.338 e. The van der Waals surface area contributed by atoms with Gasteiger partial charge in [0.15, 0.2) is 5.16 Å². The van der Waals surface area contributed by atoms with Gasteiger partial charge in [-0.2, -0.15) is 0 Å². The highest BCUT2D eigenvalue weighted by Crippen LogP contribution is 2.30. The van der Waals surface area contributed by atoms with Gasteiger partial charge >= 0.3 is 0 Å². The van der Waals surface area contributed by atoms with Gasteiger partial charge in [-0.15, -0.1) is 0 Å². The van der Waals surface area contributed by atoms with Crippen molar-refractivity contribution in [2.75, 3.05) is 13.1 Å². The van der Waals surface area contributed by atoms with Crippen LogP contribution in [0.25, 0.3) is 0 Å². The molecular weight excluding hydrogens is 434 g/mol. The van der Waals surface area contributed by atoms with Gasteiger partial charge in [-0.3, -0.25) is 24.7 Å². The van der Waals surface area contributed by atoms with Crippen molar-refractivity contribution >= 4 is 40.6 Å². The number of aromatic nitrogens is 3. The van der Waals surface area contributed by atoms with Crippen LogP contribution >= 0.6 is 23.5 Å². The second kappa shape index (κ2) is 9.61. The minimum atomic E-state index is -0.515. The number of nitrogens with zero attached hydrogens (tertiary/aromatic N) is 4. The summed E-state index contributed by atoms with van der Waals surface area (Å²) in [5.41, 5.74) is 3.06. The standard InChI is InChI=1S/C21H21N5O3S2/c1-13-9-23-20(30-12-14-4-2-6-22-10-14)24-18(13)15-5-3-7-26(11-15)17(27)8-16-19(28)25-21(29)31-16/h2,4,6,8-10,15H,3,5,7,11-12H2,1H3,(H,25,28,29)/b16-8-. The quantitative estimate of drug-likeness (QED) is 0.417. The molecule has 3 amide bonds. The molecule has 10 heteroatoms. The molecule has 0 aromatic carbocycles. The molecule has 4 rings (SSSR count). The van der Waals surface area contributed by atoms with E-state index in [4.69, 9.17) is 4.98 Å². The number of pyridine rings is 1. The first-order valence-corrected chi connectivity index (χ1v) is 11.7. The zero-order chi connectivity index (χ0) is 21.8. The number of aryl methyl sites for hydroxylation is 1. The molecule has 0 bridgehead atoms. The monoisotopic (exact) mass is 455 g/mol. The molecule has 4 heterocycles. The van der Waals surface area contributed by atoms with E-state index in [-0.39, 0.29) is 16.7 Å². The average Bonchev–Trinajstić information content (AvgIpc) is 3.10. The molecule has 2 aliphatic rings. The summed E-state index contributed by atoms with van der Waals surface area (Å²) in [5, 5.41) is 2.42. The minimum Gasteiger partial charge on any atom is -0.338 e. The highest BCUT2D eigenvalue weighted by atomic mass is 32.2. The molecular formula is C21H21N5O3S2. The number of hydrogen-bond acceptors (Lipinski definition) is 8. The minimum absolute atomic E-state index is 0.100.